The van der Waals surface area contributed by atoms with Crippen molar-refractivity contribution in [3.05, 3.63) is 38.6 Å². The quantitative estimate of drug-likeness (QED) is 0.562. The summed E-state index contributed by atoms with van der Waals surface area (Å²) in [6.07, 6.45) is 1.69. The number of nitro groups is 1. The van der Waals surface area contributed by atoms with E-state index in [2.05, 4.69) is 0 Å². The Labute approximate surface area is 158 Å². The molecule has 26 heavy (non-hydrogen) atoms. The number of thiophene rings is 2. The lowest BCUT2D eigenvalue weighted by Crippen LogP contribution is -2.35. The molecule has 0 atom stereocenters. The second-order valence-electron chi connectivity index (χ2n) is 5.93. The van der Waals surface area contributed by atoms with Crippen molar-refractivity contribution in [2.45, 2.75) is 10.6 Å². The lowest BCUT2D eigenvalue weighted by molar-refractivity contribution is -0.383. The van der Waals surface area contributed by atoms with E-state index in [4.69, 9.17) is 0 Å². The van der Waals surface area contributed by atoms with Gasteiger partial charge in [0.05, 0.1) is 10.5 Å². The van der Waals surface area contributed by atoms with Gasteiger partial charge in [-0.25, -0.2) is 8.42 Å². The Balaban J connectivity index is 1.82. The van der Waals surface area contributed by atoms with Gasteiger partial charge in [0.1, 0.15) is 4.21 Å². The zero-order valence-corrected chi connectivity index (χ0v) is 16.4. The Morgan fingerprint density at radius 2 is 2.04 bits per heavy atom. The minimum absolute atomic E-state index is 0.0188. The van der Waals surface area contributed by atoms with Crippen LogP contribution in [0, 0.1) is 10.1 Å². The molecular formula is C15H17N3O5S3. The summed E-state index contributed by atoms with van der Waals surface area (Å²) in [4.78, 5) is 26.8. The fourth-order valence-electron chi connectivity index (χ4n) is 2.78. The summed E-state index contributed by atoms with van der Waals surface area (Å²) < 4.78 is 23.5. The highest BCUT2D eigenvalue weighted by Gasteiger charge is 2.29. The van der Waals surface area contributed by atoms with E-state index < -0.39 is 14.8 Å². The van der Waals surface area contributed by atoms with Crippen LogP contribution in [0.25, 0.3) is 0 Å². The minimum Gasteiger partial charge on any atom is -0.356 e. The van der Waals surface area contributed by atoms with Gasteiger partial charge in [0.2, 0.25) is 0 Å². The Hall–Kier alpha value is -1.98. The summed E-state index contributed by atoms with van der Waals surface area (Å²) in [6, 6.07) is 2.90. The van der Waals surface area contributed by atoms with E-state index in [1.54, 1.807) is 21.2 Å². The molecule has 1 saturated heterocycles. The number of anilines is 1. The number of carbonyl (C=O) groups is 1. The number of hydrogen-bond acceptors (Lipinski definition) is 8. The van der Waals surface area contributed by atoms with Crippen LogP contribution in [0.4, 0.5) is 10.7 Å². The van der Waals surface area contributed by atoms with Crippen LogP contribution in [0.15, 0.2) is 27.1 Å². The Bertz CT molecular complexity index is 920. The summed E-state index contributed by atoms with van der Waals surface area (Å²) >= 11 is 2.37. The SMILES string of the molecule is CS(=O)(=O)c1cc([N+](=O)[O-])c(N2CCCN(C(=O)c3ccsc3)CC2)s1. The number of carbonyl (C=O) groups excluding carboxylic acids is 1. The van der Waals surface area contributed by atoms with E-state index in [9.17, 15) is 23.3 Å². The Morgan fingerprint density at radius 1 is 1.27 bits per heavy atom. The fraction of sp³-hybridized carbons (Fsp3) is 0.400. The molecule has 11 heteroatoms. The zero-order valence-electron chi connectivity index (χ0n) is 14.0. The molecular weight excluding hydrogens is 398 g/mol. The second kappa shape index (κ2) is 7.33. The van der Waals surface area contributed by atoms with Gasteiger partial charge in [0, 0.05) is 43.9 Å². The number of sulfone groups is 1. The third kappa shape index (κ3) is 3.89. The highest BCUT2D eigenvalue weighted by molar-refractivity contribution is 7.92. The standard InChI is InChI=1S/C15H17N3O5S3/c1-26(22,23)13-9-12(18(20)21)15(25-13)17-5-2-4-16(6-7-17)14(19)11-3-8-24-10-11/h3,8-10H,2,4-7H2,1H3. The van der Waals surface area contributed by atoms with Gasteiger partial charge in [-0.05, 0) is 17.9 Å². The van der Waals surface area contributed by atoms with Crippen LogP contribution in [-0.2, 0) is 9.84 Å². The zero-order chi connectivity index (χ0) is 18.9. The van der Waals surface area contributed by atoms with Gasteiger partial charge in [-0.2, -0.15) is 11.3 Å². The molecule has 0 aromatic carbocycles. The molecule has 0 unspecified atom stereocenters. The molecule has 0 spiro atoms. The molecule has 1 aliphatic rings. The number of amides is 1. The maximum atomic E-state index is 12.5. The molecule has 140 valence electrons. The smallest absolute Gasteiger partial charge is 0.305 e. The van der Waals surface area contributed by atoms with Crippen LogP contribution in [-0.4, -0.2) is 56.6 Å². The summed E-state index contributed by atoms with van der Waals surface area (Å²) in [6.45, 7) is 1.93. The predicted octanol–water partition coefficient (Wildman–Crippen LogP) is 2.47. The molecule has 3 heterocycles. The second-order valence-corrected chi connectivity index (χ2v) is 9.98. The van der Waals surface area contributed by atoms with Gasteiger partial charge in [0.25, 0.3) is 5.91 Å². The van der Waals surface area contributed by atoms with Gasteiger partial charge in [-0.15, -0.1) is 0 Å². The predicted molar refractivity (Wildman–Crippen MR) is 101 cm³/mol. The molecule has 3 rings (SSSR count). The summed E-state index contributed by atoms with van der Waals surface area (Å²) in [7, 11) is -3.52. The fourth-order valence-corrected chi connectivity index (χ4v) is 5.49. The first kappa shape index (κ1) is 18.8. The van der Waals surface area contributed by atoms with Crippen LogP contribution in [0.2, 0.25) is 0 Å². The Morgan fingerprint density at radius 3 is 2.65 bits per heavy atom. The largest absolute Gasteiger partial charge is 0.356 e. The molecule has 0 N–H and O–H groups in total. The number of hydrogen-bond donors (Lipinski definition) is 0. The molecule has 1 fully saturated rings. The van der Waals surface area contributed by atoms with Crippen molar-refractivity contribution in [2.24, 2.45) is 0 Å². The molecule has 1 aliphatic heterocycles. The van der Waals surface area contributed by atoms with Gasteiger partial charge in [-0.3, -0.25) is 14.9 Å². The van der Waals surface area contributed by atoms with Gasteiger partial charge in [0.15, 0.2) is 14.8 Å². The lowest BCUT2D eigenvalue weighted by Gasteiger charge is -2.21. The summed E-state index contributed by atoms with van der Waals surface area (Å²) in [5, 5.41) is 15.3. The molecule has 8 nitrogen and oxygen atoms in total. The third-order valence-corrected chi connectivity index (χ3v) is 7.74. The van der Waals surface area contributed by atoms with Crippen molar-refractivity contribution in [3.8, 4) is 0 Å². The molecule has 2 aromatic rings. The molecule has 2 aromatic heterocycles. The van der Waals surface area contributed by atoms with Crippen molar-refractivity contribution in [1.29, 1.82) is 0 Å². The van der Waals surface area contributed by atoms with Crippen molar-refractivity contribution < 1.29 is 18.1 Å². The van der Waals surface area contributed by atoms with Gasteiger partial charge >= 0.3 is 5.69 Å². The highest BCUT2D eigenvalue weighted by Crippen LogP contribution is 2.40. The average Bonchev–Trinajstić information content (AvgIpc) is 3.19. The maximum Gasteiger partial charge on any atom is 0.305 e. The van der Waals surface area contributed by atoms with E-state index in [0.29, 0.717) is 43.2 Å². The lowest BCUT2D eigenvalue weighted by atomic mass is 10.3. The van der Waals surface area contributed by atoms with E-state index >= 15 is 0 Å². The Kier molecular flexibility index (Phi) is 5.30. The topological polar surface area (TPSA) is 101 Å². The van der Waals surface area contributed by atoms with Crippen molar-refractivity contribution in [3.63, 3.8) is 0 Å². The van der Waals surface area contributed by atoms with E-state index in [1.165, 1.54) is 11.3 Å². The first-order chi connectivity index (χ1) is 12.3. The average molecular weight is 416 g/mol. The number of rotatable bonds is 4. The van der Waals surface area contributed by atoms with Crippen molar-refractivity contribution >= 4 is 49.1 Å². The summed E-state index contributed by atoms with van der Waals surface area (Å²) in [5.41, 5.74) is 0.443. The maximum absolute atomic E-state index is 12.5. The molecule has 0 saturated carbocycles. The van der Waals surface area contributed by atoms with Crippen LogP contribution in [0.1, 0.15) is 16.8 Å². The minimum atomic E-state index is -3.52. The summed E-state index contributed by atoms with van der Waals surface area (Å²) in [5.74, 6) is -0.0504. The highest BCUT2D eigenvalue weighted by atomic mass is 32.2. The van der Waals surface area contributed by atoms with Crippen molar-refractivity contribution in [1.82, 2.24) is 4.90 Å². The molecule has 1 amide bonds. The van der Waals surface area contributed by atoms with Gasteiger partial charge in [-0.1, -0.05) is 11.3 Å². The molecule has 0 radical (unpaired) electrons. The van der Waals surface area contributed by atoms with Crippen LogP contribution >= 0.6 is 22.7 Å². The van der Waals surface area contributed by atoms with E-state index in [0.717, 1.165) is 23.7 Å². The first-order valence-electron chi connectivity index (χ1n) is 7.82. The third-order valence-electron chi connectivity index (χ3n) is 4.07. The first-order valence-corrected chi connectivity index (χ1v) is 11.5. The normalized spacial score (nSPS) is 15.7. The van der Waals surface area contributed by atoms with Crippen molar-refractivity contribution in [2.75, 3.05) is 37.3 Å². The van der Waals surface area contributed by atoms with E-state index in [1.807, 2.05) is 5.38 Å². The van der Waals surface area contributed by atoms with Crippen LogP contribution < -0.4 is 4.90 Å². The van der Waals surface area contributed by atoms with Crippen LogP contribution in [0.3, 0.4) is 0 Å². The monoisotopic (exact) mass is 415 g/mol. The molecule has 0 bridgehead atoms. The van der Waals surface area contributed by atoms with E-state index in [-0.39, 0.29) is 15.8 Å². The van der Waals surface area contributed by atoms with Gasteiger partial charge < -0.3 is 9.80 Å². The molecule has 0 aliphatic carbocycles. The number of nitrogens with zero attached hydrogens (tertiary/aromatic N) is 3. The van der Waals surface area contributed by atoms with Crippen LogP contribution in [0.5, 0.6) is 0 Å².